The van der Waals surface area contributed by atoms with Crippen LogP contribution in [0.3, 0.4) is 0 Å². The van der Waals surface area contributed by atoms with Gasteiger partial charge in [0.05, 0.1) is 5.60 Å². The molecule has 0 atom stereocenters. The van der Waals surface area contributed by atoms with Crippen molar-refractivity contribution in [2.45, 2.75) is 57.6 Å². The molecular formula is C19H30N4O2. The smallest absolute Gasteiger partial charge is 0.315 e. The van der Waals surface area contributed by atoms with Crippen molar-refractivity contribution in [1.29, 1.82) is 0 Å². The number of urea groups is 1. The molecular weight excluding hydrogens is 316 g/mol. The number of pyridine rings is 1. The van der Waals surface area contributed by atoms with Gasteiger partial charge < -0.3 is 20.6 Å². The third kappa shape index (κ3) is 5.08. The Kier molecular flexibility index (Phi) is 5.78. The van der Waals surface area contributed by atoms with Gasteiger partial charge in [0.25, 0.3) is 0 Å². The minimum atomic E-state index is -0.716. The third-order valence-electron chi connectivity index (χ3n) is 5.48. The molecule has 0 unspecified atom stereocenters. The number of hydrogen-bond acceptors (Lipinski definition) is 4. The highest BCUT2D eigenvalue weighted by Gasteiger charge is 2.31. The molecule has 3 rings (SSSR count). The van der Waals surface area contributed by atoms with Crippen LogP contribution in [0.2, 0.25) is 0 Å². The second-order valence-electron chi connectivity index (χ2n) is 7.66. The van der Waals surface area contributed by atoms with Crippen LogP contribution in [0.5, 0.6) is 0 Å². The van der Waals surface area contributed by atoms with E-state index in [2.05, 4.69) is 27.4 Å². The summed E-state index contributed by atoms with van der Waals surface area (Å²) in [6, 6.07) is 3.81. The molecule has 1 aromatic heterocycles. The third-order valence-corrected chi connectivity index (χ3v) is 5.48. The zero-order valence-electron chi connectivity index (χ0n) is 15.1. The molecule has 1 aromatic rings. The first-order valence-corrected chi connectivity index (χ1v) is 9.48. The van der Waals surface area contributed by atoms with Gasteiger partial charge in [-0.25, -0.2) is 9.78 Å². The summed E-state index contributed by atoms with van der Waals surface area (Å²) in [6.07, 6.45) is 7.89. The molecule has 6 nitrogen and oxygen atoms in total. The maximum Gasteiger partial charge on any atom is 0.315 e. The SMILES string of the molecule is CC1CCN(c2ccc(CNC(=O)NCC3(O)CCCC3)cn2)CC1. The summed E-state index contributed by atoms with van der Waals surface area (Å²) in [5.41, 5.74) is 0.260. The van der Waals surface area contributed by atoms with Crippen molar-refractivity contribution in [1.82, 2.24) is 15.6 Å². The number of nitrogens with zero attached hydrogens (tertiary/aromatic N) is 2. The average Bonchev–Trinajstić information content (AvgIpc) is 3.06. The van der Waals surface area contributed by atoms with Crippen molar-refractivity contribution in [3.05, 3.63) is 23.9 Å². The lowest BCUT2D eigenvalue weighted by atomic mass is 9.99. The van der Waals surface area contributed by atoms with Crippen molar-refractivity contribution in [3.63, 3.8) is 0 Å². The minimum Gasteiger partial charge on any atom is -0.388 e. The molecule has 3 N–H and O–H groups in total. The number of hydrogen-bond donors (Lipinski definition) is 3. The standard InChI is InChI=1S/C19H30N4O2/c1-15-6-10-23(11-7-15)17-5-4-16(12-20-17)13-21-18(24)22-14-19(25)8-2-3-9-19/h4-5,12,15,25H,2-3,6-11,13-14H2,1H3,(H2,21,22,24). The van der Waals surface area contributed by atoms with Gasteiger partial charge in [-0.15, -0.1) is 0 Å². The quantitative estimate of drug-likeness (QED) is 0.765. The number of carbonyl (C=O) groups is 1. The topological polar surface area (TPSA) is 77.5 Å². The van der Waals surface area contributed by atoms with Crippen molar-refractivity contribution in [3.8, 4) is 0 Å². The zero-order valence-corrected chi connectivity index (χ0v) is 15.1. The van der Waals surface area contributed by atoms with Crippen molar-refractivity contribution in [2.75, 3.05) is 24.5 Å². The van der Waals surface area contributed by atoms with Gasteiger partial charge in [-0.1, -0.05) is 25.8 Å². The maximum absolute atomic E-state index is 11.9. The molecule has 0 aromatic carbocycles. The Balaban J connectivity index is 1.41. The maximum atomic E-state index is 11.9. The highest BCUT2D eigenvalue weighted by Crippen LogP contribution is 2.28. The molecule has 1 aliphatic heterocycles. The summed E-state index contributed by atoms with van der Waals surface area (Å²) < 4.78 is 0. The van der Waals surface area contributed by atoms with Crippen LogP contribution in [0.15, 0.2) is 18.3 Å². The van der Waals surface area contributed by atoms with E-state index in [9.17, 15) is 9.90 Å². The first-order chi connectivity index (χ1) is 12.0. The molecule has 2 amide bonds. The van der Waals surface area contributed by atoms with Crippen LogP contribution in [-0.4, -0.2) is 41.4 Å². The monoisotopic (exact) mass is 346 g/mol. The molecule has 1 saturated carbocycles. The Morgan fingerprint density at radius 1 is 1.28 bits per heavy atom. The fraction of sp³-hybridized carbons (Fsp3) is 0.684. The predicted octanol–water partition coefficient (Wildman–Crippen LogP) is 2.42. The van der Waals surface area contributed by atoms with Crippen LogP contribution in [-0.2, 0) is 6.54 Å². The Bertz CT molecular complexity index is 561. The predicted molar refractivity (Wildman–Crippen MR) is 98.5 cm³/mol. The van der Waals surface area contributed by atoms with E-state index in [1.165, 1.54) is 12.8 Å². The number of rotatable bonds is 5. The number of nitrogens with one attached hydrogen (secondary N) is 2. The molecule has 0 bridgehead atoms. The van der Waals surface area contributed by atoms with E-state index in [4.69, 9.17) is 0 Å². The lowest BCUT2D eigenvalue weighted by molar-refractivity contribution is 0.0501. The van der Waals surface area contributed by atoms with E-state index < -0.39 is 5.60 Å². The van der Waals surface area contributed by atoms with Gasteiger partial charge >= 0.3 is 6.03 Å². The Labute approximate surface area is 150 Å². The summed E-state index contributed by atoms with van der Waals surface area (Å²) in [7, 11) is 0. The van der Waals surface area contributed by atoms with E-state index >= 15 is 0 Å². The van der Waals surface area contributed by atoms with E-state index in [-0.39, 0.29) is 6.03 Å². The summed E-state index contributed by atoms with van der Waals surface area (Å²) >= 11 is 0. The molecule has 1 saturated heterocycles. The molecule has 6 heteroatoms. The van der Waals surface area contributed by atoms with Gasteiger partial charge in [0.15, 0.2) is 0 Å². The van der Waals surface area contributed by atoms with Crippen LogP contribution in [0.25, 0.3) is 0 Å². The number of aromatic nitrogens is 1. The first kappa shape index (κ1) is 18.0. The number of amides is 2. The zero-order chi connectivity index (χ0) is 17.7. The van der Waals surface area contributed by atoms with E-state index in [1.807, 2.05) is 18.3 Å². The normalized spacial score (nSPS) is 20.5. The molecule has 2 aliphatic rings. The van der Waals surface area contributed by atoms with Gasteiger partial charge in [0, 0.05) is 32.4 Å². The Morgan fingerprint density at radius 3 is 2.64 bits per heavy atom. The van der Waals surface area contributed by atoms with Crippen LogP contribution in [0, 0.1) is 5.92 Å². The molecule has 2 fully saturated rings. The summed E-state index contributed by atoms with van der Waals surface area (Å²) in [5, 5.41) is 15.8. The molecule has 2 heterocycles. The molecule has 1 aliphatic carbocycles. The highest BCUT2D eigenvalue weighted by atomic mass is 16.3. The summed E-state index contributed by atoms with van der Waals surface area (Å²) in [5.74, 6) is 1.82. The minimum absolute atomic E-state index is 0.241. The second-order valence-corrected chi connectivity index (χ2v) is 7.66. The van der Waals surface area contributed by atoms with Crippen LogP contribution in [0.4, 0.5) is 10.6 Å². The Hall–Kier alpha value is -1.82. The first-order valence-electron chi connectivity index (χ1n) is 9.48. The van der Waals surface area contributed by atoms with Crippen molar-refractivity contribution < 1.29 is 9.90 Å². The molecule has 25 heavy (non-hydrogen) atoms. The van der Waals surface area contributed by atoms with Crippen LogP contribution >= 0.6 is 0 Å². The fourth-order valence-electron chi connectivity index (χ4n) is 3.65. The van der Waals surface area contributed by atoms with Gasteiger partial charge in [-0.3, -0.25) is 0 Å². The number of aliphatic hydroxyl groups is 1. The van der Waals surface area contributed by atoms with Gasteiger partial charge in [-0.2, -0.15) is 0 Å². The van der Waals surface area contributed by atoms with E-state index in [0.29, 0.717) is 13.1 Å². The molecule has 0 spiro atoms. The summed E-state index contributed by atoms with van der Waals surface area (Å²) in [6.45, 7) is 5.20. The Morgan fingerprint density at radius 2 is 2.00 bits per heavy atom. The molecule has 0 radical (unpaired) electrons. The number of piperidine rings is 1. The lowest BCUT2D eigenvalue weighted by Gasteiger charge is -2.31. The second kappa shape index (κ2) is 8.04. The number of carbonyl (C=O) groups excluding carboxylic acids is 1. The largest absolute Gasteiger partial charge is 0.388 e. The molecule has 138 valence electrons. The van der Waals surface area contributed by atoms with Crippen LogP contribution < -0.4 is 15.5 Å². The fourth-order valence-corrected chi connectivity index (χ4v) is 3.65. The average molecular weight is 346 g/mol. The van der Waals surface area contributed by atoms with Gasteiger partial charge in [0.1, 0.15) is 5.82 Å². The van der Waals surface area contributed by atoms with E-state index in [1.54, 1.807) is 0 Å². The lowest BCUT2D eigenvalue weighted by Crippen LogP contribution is -2.44. The number of anilines is 1. The highest BCUT2D eigenvalue weighted by molar-refractivity contribution is 5.73. The van der Waals surface area contributed by atoms with Gasteiger partial charge in [-0.05, 0) is 43.2 Å². The van der Waals surface area contributed by atoms with Crippen molar-refractivity contribution in [2.24, 2.45) is 5.92 Å². The summed E-state index contributed by atoms with van der Waals surface area (Å²) in [4.78, 5) is 18.8. The van der Waals surface area contributed by atoms with Crippen LogP contribution in [0.1, 0.15) is 51.0 Å². The van der Waals surface area contributed by atoms with Gasteiger partial charge in [0.2, 0.25) is 0 Å². The van der Waals surface area contributed by atoms with E-state index in [0.717, 1.165) is 56.1 Å². The van der Waals surface area contributed by atoms with Crippen molar-refractivity contribution >= 4 is 11.8 Å².